The van der Waals surface area contributed by atoms with Crippen LogP contribution in [0.5, 0.6) is 5.75 Å². The molecule has 2 N–H and O–H groups in total. The summed E-state index contributed by atoms with van der Waals surface area (Å²) in [4.78, 5) is 22.4. The van der Waals surface area contributed by atoms with Gasteiger partial charge in [-0.25, -0.2) is 9.97 Å². The largest absolute Gasteiger partial charge is 0.487 e. The fourth-order valence-electron chi connectivity index (χ4n) is 4.99. The third-order valence-electron chi connectivity index (χ3n) is 7.15. The summed E-state index contributed by atoms with van der Waals surface area (Å²) < 4.78 is 11.6. The van der Waals surface area contributed by atoms with E-state index in [-0.39, 0.29) is 18.1 Å². The Morgan fingerprint density at radius 3 is 2.60 bits per heavy atom. The lowest BCUT2D eigenvalue weighted by molar-refractivity contribution is 0.131. The first kappa shape index (κ1) is 23.5. The van der Waals surface area contributed by atoms with Crippen LogP contribution in [0.1, 0.15) is 49.7 Å². The van der Waals surface area contributed by atoms with Crippen molar-refractivity contribution in [3.05, 3.63) is 47.8 Å². The number of piperidine rings is 1. The molecule has 3 aromatic rings. The molecular weight excluding hydrogens is 444 g/mol. The van der Waals surface area contributed by atoms with Crippen LogP contribution in [0, 0.1) is 12.8 Å². The summed E-state index contributed by atoms with van der Waals surface area (Å²) in [6.45, 7) is 9.44. The van der Waals surface area contributed by atoms with Gasteiger partial charge in [0.15, 0.2) is 11.6 Å². The number of aromatic nitrogens is 5. The van der Waals surface area contributed by atoms with Crippen LogP contribution in [0.25, 0.3) is 0 Å². The Morgan fingerprint density at radius 2 is 1.91 bits per heavy atom. The molecule has 5 heterocycles. The Morgan fingerprint density at radius 1 is 1.14 bits per heavy atom. The van der Waals surface area contributed by atoms with Crippen LogP contribution in [-0.4, -0.2) is 63.4 Å². The Balaban J connectivity index is 1.14. The molecule has 2 fully saturated rings. The lowest BCUT2D eigenvalue weighted by Crippen LogP contribution is -2.38. The van der Waals surface area contributed by atoms with Gasteiger partial charge in [0.05, 0.1) is 18.5 Å². The Hall–Kier alpha value is -3.27. The molecule has 35 heavy (non-hydrogen) atoms. The fourth-order valence-corrected chi connectivity index (χ4v) is 4.99. The number of hydrogen-bond acceptors (Lipinski definition) is 10. The smallest absolute Gasteiger partial charge is 0.324 e. The zero-order valence-electron chi connectivity index (χ0n) is 20.7. The van der Waals surface area contributed by atoms with Crippen LogP contribution < -0.4 is 20.3 Å². The molecule has 0 saturated carbocycles. The minimum atomic E-state index is -0.00423. The van der Waals surface area contributed by atoms with Crippen molar-refractivity contribution in [1.29, 1.82) is 0 Å². The first-order valence-corrected chi connectivity index (χ1v) is 12.5. The van der Waals surface area contributed by atoms with E-state index in [0.29, 0.717) is 30.2 Å². The molecule has 186 valence electrons. The monoisotopic (exact) mass is 478 g/mol. The number of nitrogens with two attached hydrogens (primary N) is 1. The summed E-state index contributed by atoms with van der Waals surface area (Å²) in [6, 6.07) is 4.74. The molecule has 3 unspecified atom stereocenters. The van der Waals surface area contributed by atoms with Gasteiger partial charge in [-0.15, -0.1) is 0 Å². The minimum Gasteiger partial charge on any atom is -0.487 e. The lowest BCUT2D eigenvalue weighted by Gasteiger charge is -2.33. The second kappa shape index (κ2) is 10.2. The molecule has 0 aromatic carbocycles. The third-order valence-corrected chi connectivity index (χ3v) is 7.15. The molecule has 10 nitrogen and oxygen atoms in total. The molecule has 5 rings (SSSR count). The summed E-state index contributed by atoms with van der Waals surface area (Å²) in [6.07, 6.45) is 8.23. The summed E-state index contributed by atoms with van der Waals surface area (Å²) >= 11 is 0. The van der Waals surface area contributed by atoms with Crippen molar-refractivity contribution in [2.75, 3.05) is 36.0 Å². The molecule has 0 radical (unpaired) electrons. The summed E-state index contributed by atoms with van der Waals surface area (Å²) in [5.41, 5.74) is 8.67. The maximum Gasteiger partial charge on any atom is 0.324 e. The van der Waals surface area contributed by atoms with E-state index < -0.39 is 0 Å². The number of aryl methyl sites for hydroxylation is 2. The van der Waals surface area contributed by atoms with E-state index in [1.807, 2.05) is 19.2 Å². The first-order chi connectivity index (χ1) is 17.0. The predicted molar refractivity (Wildman–Crippen MR) is 133 cm³/mol. The van der Waals surface area contributed by atoms with Crippen LogP contribution in [0.15, 0.2) is 35.2 Å². The molecule has 0 aliphatic carbocycles. The second-order valence-corrected chi connectivity index (χ2v) is 9.65. The van der Waals surface area contributed by atoms with Crippen molar-refractivity contribution >= 4 is 12.0 Å². The van der Waals surface area contributed by atoms with Gasteiger partial charge in [-0.05, 0) is 50.3 Å². The van der Waals surface area contributed by atoms with Crippen molar-refractivity contribution in [3.63, 3.8) is 0 Å². The molecular formula is C25H34N8O2. The lowest BCUT2D eigenvalue weighted by atomic mass is 9.92. The van der Waals surface area contributed by atoms with Gasteiger partial charge in [-0.1, -0.05) is 12.1 Å². The van der Waals surface area contributed by atoms with E-state index in [0.717, 1.165) is 50.4 Å². The average Bonchev–Trinajstić information content (AvgIpc) is 3.51. The molecule has 0 amide bonds. The molecule has 2 saturated heterocycles. The zero-order chi connectivity index (χ0) is 24.4. The number of rotatable bonds is 7. The summed E-state index contributed by atoms with van der Waals surface area (Å²) in [5.74, 6) is 2.73. The van der Waals surface area contributed by atoms with Crippen LogP contribution in [-0.2, 0) is 6.42 Å². The standard InChI is InChI=1S/C25H34N8O2/c1-4-23-30-25(35-31-23)32-9-6-18(7-10-32)17(3)34-19-12-28-24(29-13-19)33-14-20(21(26)15-33)22-11-16(2)5-8-27-22/h5,8,11-13,17-18,20-21H,4,6-7,9-10,14-15,26H2,1-3H3. The third kappa shape index (κ3) is 5.22. The Kier molecular flexibility index (Phi) is 6.81. The zero-order valence-corrected chi connectivity index (χ0v) is 20.7. The van der Waals surface area contributed by atoms with Gasteiger partial charge < -0.3 is 24.8 Å². The van der Waals surface area contributed by atoms with E-state index in [2.05, 4.69) is 54.8 Å². The molecule has 10 heteroatoms. The van der Waals surface area contributed by atoms with Gasteiger partial charge in [0.25, 0.3) is 0 Å². The minimum absolute atomic E-state index is 0.00423. The molecule has 2 aliphatic heterocycles. The quantitative estimate of drug-likeness (QED) is 0.543. The van der Waals surface area contributed by atoms with Crippen molar-refractivity contribution in [3.8, 4) is 5.75 Å². The van der Waals surface area contributed by atoms with E-state index >= 15 is 0 Å². The SMILES string of the molecule is CCc1noc(N2CCC(C(C)Oc3cnc(N4CC(N)C(c5cc(C)ccn5)C4)nc3)CC2)n1. The van der Waals surface area contributed by atoms with Gasteiger partial charge in [-0.2, -0.15) is 4.98 Å². The van der Waals surface area contributed by atoms with E-state index in [9.17, 15) is 0 Å². The maximum absolute atomic E-state index is 6.44. The molecule has 2 aliphatic rings. The van der Waals surface area contributed by atoms with Crippen molar-refractivity contribution in [2.45, 2.75) is 58.1 Å². The normalized spacial score (nSPS) is 21.9. The predicted octanol–water partition coefficient (Wildman–Crippen LogP) is 2.74. The highest BCUT2D eigenvalue weighted by atomic mass is 16.5. The number of anilines is 2. The topological polar surface area (TPSA) is 119 Å². The van der Waals surface area contributed by atoms with Crippen LogP contribution in [0.4, 0.5) is 12.0 Å². The van der Waals surface area contributed by atoms with Crippen LogP contribution in [0.2, 0.25) is 0 Å². The number of hydrogen-bond donors (Lipinski definition) is 1. The van der Waals surface area contributed by atoms with Gasteiger partial charge in [0.2, 0.25) is 5.95 Å². The first-order valence-electron chi connectivity index (χ1n) is 12.5. The van der Waals surface area contributed by atoms with Gasteiger partial charge >= 0.3 is 6.01 Å². The van der Waals surface area contributed by atoms with Gasteiger partial charge in [0.1, 0.15) is 0 Å². The summed E-state index contributed by atoms with van der Waals surface area (Å²) in [5, 5.41) is 4.00. The molecule has 3 atom stereocenters. The fraction of sp³-hybridized carbons (Fsp3) is 0.560. The van der Waals surface area contributed by atoms with Gasteiger partial charge in [0, 0.05) is 56.5 Å². The van der Waals surface area contributed by atoms with E-state index in [4.69, 9.17) is 15.0 Å². The van der Waals surface area contributed by atoms with Crippen molar-refractivity contribution < 1.29 is 9.26 Å². The van der Waals surface area contributed by atoms with Crippen LogP contribution >= 0.6 is 0 Å². The maximum atomic E-state index is 6.44. The van der Waals surface area contributed by atoms with Crippen LogP contribution in [0.3, 0.4) is 0 Å². The van der Waals surface area contributed by atoms with E-state index in [1.165, 1.54) is 5.56 Å². The average molecular weight is 479 g/mol. The highest BCUT2D eigenvalue weighted by Crippen LogP contribution is 2.29. The summed E-state index contributed by atoms with van der Waals surface area (Å²) in [7, 11) is 0. The number of nitrogens with zero attached hydrogens (tertiary/aromatic N) is 7. The highest BCUT2D eigenvalue weighted by molar-refractivity contribution is 5.37. The van der Waals surface area contributed by atoms with Gasteiger partial charge in [-0.3, -0.25) is 4.98 Å². The van der Waals surface area contributed by atoms with Crippen molar-refractivity contribution in [1.82, 2.24) is 25.1 Å². The number of ether oxygens (including phenoxy) is 1. The molecule has 3 aromatic heterocycles. The molecule has 0 spiro atoms. The Bertz CT molecular complexity index is 1110. The van der Waals surface area contributed by atoms with Crippen molar-refractivity contribution in [2.24, 2.45) is 11.7 Å². The number of pyridine rings is 1. The highest BCUT2D eigenvalue weighted by Gasteiger charge is 2.34. The Labute approximate surface area is 205 Å². The second-order valence-electron chi connectivity index (χ2n) is 9.65. The molecule has 0 bridgehead atoms. The van der Waals surface area contributed by atoms with E-state index in [1.54, 1.807) is 12.4 Å².